The summed E-state index contributed by atoms with van der Waals surface area (Å²) in [6.07, 6.45) is 0.926. The van der Waals surface area contributed by atoms with E-state index >= 15 is 0 Å². The number of carboxylic acids is 1. The van der Waals surface area contributed by atoms with Crippen LogP contribution in [0, 0.1) is 10.1 Å². The number of primary sulfonamides is 1. The fourth-order valence-electron chi connectivity index (χ4n) is 1.57. The van der Waals surface area contributed by atoms with Crippen molar-refractivity contribution < 1.29 is 23.2 Å². The lowest BCUT2D eigenvalue weighted by molar-refractivity contribution is -0.385. The predicted molar refractivity (Wildman–Crippen MR) is 68.6 cm³/mol. The Hall–Kier alpha value is -2.79. The lowest BCUT2D eigenvalue weighted by atomic mass is 10.3. The Bertz CT molecular complexity index is 792. The SMILES string of the molecule is NS(=O)(=O)c1ccc(-n2cc([N+](=O)[O-])c(C(=O)O)n2)cc1. The fourth-order valence-corrected chi connectivity index (χ4v) is 2.09. The molecule has 1 aromatic heterocycles. The zero-order valence-electron chi connectivity index (χ0n) is 10.2. The van der Waals surface area contributed by atoms with Gasteiger partial charge in [-0.1, -0.05) is 0 Å². The summed E-state index contributed by atoms with van der Waals surface area (Å²) in [5.41, 5.74) is -1.13. The number of aromatic carboxylic acids is 1. The van der Waals surface area contributed by atoms with E-state index in [1.165, 1.54) is 24.3 Å². The summed E-state index contributed by atoms with van der Waals surface area (Å²) in [5, 5.41) is 28.1. The minimum Gasteiger partial charge on any atom is -0.476 e. The summed E-state index contributed by atoms with van der Waals surface area (Å²) >= 11 is 0. The van der Waals surface area contributed by atoms with Crippen LogP contribution in [0.25, 0.3) is 5.69 Å². The molecular formula is C10H8N4O6S. The molecule has 0 atom stereocenters. The molecule has 0 bridgehead atoms. The molecule has 0 aliphatic carbocycles. The molecule has 0 unspecified atom stereocenters. The lowest BCUT2D eigenvalue weighted by Gasteiger charge is -2.02. The number of aromatic nitrogens is 2. The van der Waals surface area contributed by atoms with Crippen LogP contribution in [0.3, 0.4) is 0 Å². The first-order valence-electron chi connectivity index (χ1n) is 5.31. The highest BCUT2D eigenvalue weighted by molar-refractivity contribution is 7.89. The molecule has 0 spiro atoms. The van der Waals surface area contributed by atoms with Crippen molar-refractivity contribution in [3.8, 4) is 5.69 Å². The largest absolute Gasteiger partial charge is 0.476 e. The Labute approximate surface area is 117 Å². The molecule has 0 fully saturated rings. The predicted octanol–water partition coefficient (Wildman–Crippen LogP) is 0.126. The van der Waals surface area contributed by atoms with Crippen LogP contribution in [-0.4, -0.2) is 34.2 Å². The van der Waals surface area contributed by atoms with Crippen molar-refractivity contribution in [2.75, 3.05) is 0 Å². The maximum Gasteiger partial charge on any atom is 0.363 e. The van der Waals surface area contributed by atoms with Crippen molar-refractivity contribution in [2.24, 2.45) is 5.14 Å². The fraction of sp³-hybridized carbons (Fsp3) is 0. The van der Waals surface area contributed by atoms with Crippen molar-refractivity contribution in [1.29, 1.82) is 0 Å². The molecule has 0 aliphatic rings. The first-order valence-corrected chi connectivity index (χ1v) is 6.85. The Balaban J connectivity index is 2.50. The highest BCUT2D eigenvalue weighted by Gasteiger charge is 2.25. The molecule has 0 saturated carbocycles. The number of nitrogens with two attached hydrogens (primary N) is 1. The van der Waals surface area contributed by atoms with Crippen LogP contribution in [0.4, 0.5) is 5.69 Å². The van der Waals surface area contributed by atoms with Crippen LogP contribution in [0.2, 0.25) is 0 Å². The highest BCUT2D eigenvalue weighted by atomic mass is 32.2. The van der Waals surface area contributed by atoms with E-state index in [0.717, 1.165) is 10.9 Å². The average molecular weight is 312 g/mol. The van der Waals surface area contributed by atoms with Crippen molar-refractivity contribution in [3.63, 3.8) is 0 Å². The molecule has 1 aromatic carbocycles. The van der Waals surface area contributed by atoms with Gasteiger partial charge in [0.05, 0.1) is 15.5 Å². The summed E-state index contributed by atoms with van der Waals surface area (Å²) in [6, 6.07) is 4.95. The van der Waals surface area contributed by atoms with Gasteiger partial charge >= 0.3 is 11.7 Å². The first-order chi connectivity index (χ1) is 9.70. The molecule has 0 aliphatic heterocycles. The quantitative estimate of drug-likeness (QED) is 0.599. The number of carboxylic acid groups (broad SMARTS) is 1. The van der Waals surface area contributed by atoms with E-state index in [1.807, 2.05) is 0 Å². The minimum atomic E-state index is -3.86. The van der Waals surface area contributed by atoms with E-state index in [9.17, 15) is 23.3 Å². The van der Waals surface area contributed by atoms with Gasteiger partial charge in [0, 0.05) is 0 Å². The Morgan fingerprint density at radius 3 is 2.29 bits per heavy atom. The van der Waals surface area contributed by atoms with Crippen molar-refractivity contribution >= 4 is 21.7 Å². The molecule has 3 N–H and O–H groups in total. The monoisotopic (exact) mass is 312 g/mol. The van der Waals surface area contributed by atoms with Gasteiger partial charge in [-0.05, 0) is 24.3 Å². The van der Waals surface area contributed by atoms with E-state index < -0.39 is 32.3 Å². The maximum absolute atomic E-state index is 11.1. The standard InChI is InChI=1S/C10H8N4O6S/c11-21(19,20)7-3-1-6(2-4-7)13-5-8(14(17)18)9(12-13)10(15)16/h1-5H,(H,15,16)(H2,11,19,20). The summed E-state index contributed by atoms with van der Waals surface area (Å²) in [7, 11) is -3.86. The smallest absolute Gasteiger partial charge is 0.363 e. The third kappa shape index (κ3) is 2.88. The van der Waals surface area contributed by atoms with Gasteiger partial charge in [0.2, 0.25) is 15.7 Å². The summed E-state index contributed by atoms with van der Waals surface area (Å²) in [5.74, 6) is -1.54. The number of hydrogen-bond donors (Lipinski definition) is 2. The van der Waals surface area contributed by atoms with E-state index in [-0.39, 0.29) is 10.6 Å². The molecule has 0 radical (unpaired) electrons. The van der Waals surface area contributed by atoms with Crippen molar-refractivity contribution in [2.45, 2.75) is 4.90 Å². The van der Waals surface area contributed by atoms with Crippen LogP contribution < -0.4 is 5.14 Å². The molecule has 0 amide bonds. The van der Waals surface area contributed by atoms with Crippen LogP contribution in [-0.2, 0) is 10.0 Å². The number of nitro groups is 1. The second-order valence-corrected chi connectivity index (χ2v) is 5.47. The third-order valence-electron chi connectivity index (χ3n) is 2.52. The van der Waals surface area contributed by atoms with Gasteiger partial charge in [-0.3, -0.25) is 10.1 Å². The number of benzene rings is 1. The van der Waals surface area contributed by atoms with Crippen LogP contribution >= 0.6 is 0 Å². The molecule has 2 rings (SSSR count). The second-order valence-electron chi connectivity index (χ2n) is 3.91. The summed E-state index contributed by atoms with van der Waals surface area (Å²) in [6.45, 7) is 0. The molecule has 21 heavy (non-hydrogen) atoms. The van der Waals surface area contributed by atoms with Gasteiger partial charge in [-0.25, -0.2) is 23.0 Å². The number of nitrogens with zero attached hydrogens (tertiary/aromatic N) is 3. The molecular weight excluding hydrogens is 304 g/mol. The Morgan fingerprint density at radius 2 is 1.90 bits per heavy atom. The van der Waals surface area contributed by atoms with E-state index in [2.05, 4.69) is 5.10 Å². The number of sulfonamides is 1. The van der Waals surface area contributed by atoms with Crippen molar-refractivity contribution in [1.82, 2.24) is 9.78 Å². The molecule has 10 nitrogen and oxygen atoms in total. The molecule has 0 saturated heterocycles. The Morgan fingerprint density at radius 1 is 1.33 bits per heavy atom. The van der Waals surface area contributed by atoms with Gasteiger partial charge in [-0.2, -0.15) is 5.10 Å². The zero-order chi connectivity index (χ0) is 15.8. The van der Waals surface area contributed by atoms with E-state index in [4.69, 9.17) is 10.2 Å². The van der Waals surface area contributed by atoms with Gasteiger partial charge in [0.15, 0.2) is 0 Å². The average Bonchev–Trinajstić information content (AvgIpc) is 2.83. The van der Waals surface area contributed by atoms with Crippen molar-refractivity contribution in [3.05, 3.63) is 46.3 Å². The van der Waals surface area contributed by atoms with E-state index in [1.54, 1.807) is 0 Å². The van der Waals surface area contributed by atoms with Gasteiger partial charge in [-0.15, -0.1) is 0 Å². The normalized spacial score (nSPS) is 11.3. The Kier molecular flexibility index (Phi) is 3.45. The van der Waals surface area contributed by atoms with Crippen LogP contribution in [0.5, 0.6) is 0 Å². The lowest BCUT2D eigenvalue weighted by Crippen LogP contribution is -2.12. The summed E-state index contributed by atoms with van der Waals surface area (Å²) in [4.78, 5) is 20.6. The van der Waals surface area contributed by atoms with Gasteiger partial charge < -0.3 is 5.11 Å². The van der Waals surface area contributed by atoms with Crippen LogP contribution in [0.1, 0.15) is 10.5 Å². The van der Waals surface area contributed by atoms with E-state index in [0.29, 0.717) is 0 Å². The molecule has 2 aromatic rings. The molecule has 11 heteroatoms. The minimum absolute atomic E-state index is 0.147. The number of rotatable bonds is 4. The maximum atomic E-state index is 11.1. The first kappa shape index (κ1) is 14.6. The summed E-state index contributed by atoms with van der Waals surface area (Å²) < 4.78 is 23.2. The molecule has 110 valence electrons. The highest BCUT2D eigenvalue weighted by Crippen LogP contribution is 2.20. The molecule has 1 heterocycles. The van der Waals surface area contributed by atoms with Gasteiger partial charge in [0.1, 0.15) is 6.20 Å². The zero-order valence-corrected chi connectivity index (χ0v) is 11.0. The second kappa shape index (κ2) is 4.96. The van der Waals surface area contributed by atoms with Crippen LogP contribution in [0.15, 0.2) is 35.4 Å². The number of carbonyl (C=O) groups is 1. The third-order valence-corrected chi connectivity index (χ3v) is 3.45. The number of hydrogen-bond acceptors (Lipinski definition) is 6. The topological polar surface area (TPSA) is 158 Å². The van der Waals surface area contributed by atoms with Gasteiger partial charge in [0.25, 0.3) is 0 Å².